The van der Waals surface area contributed by atoms with Gasteiger partial charge in [-0.2, -0.15) is 0 Å². The summed E-state index contributed by atoms with van der Waals surface area (Å²) >= 11 is 0. The number of pyridine rings is 1. The van der Waals surface area contributed by atoms with E-state index in [-0.39, 0.29) is 0 Å². The zero-order valence-corrected chi connectivity index (χ0v) is 19.0. The van der Waals surface area contributed by atoms with Crippen LogP contribution in [-0.2, 0) is 4.43 Å². The van der Waals surface area contributed by atoms with Gasteiger partial charge in [-0.3, -0.25) is 4.98 Å². The third-order valence-corrected chi connectivity index (χ3v) is 7.80. The summed E-state index contributed by atoms with van der Waals surface area (Å²) in [4.78, 5) is 4.23. The van der Waals surface area contributed by atoms with Gasteiger partial charge in [-0.05, 0) is 92.3 Å². The Morgan fingerprint density at radius 3 is 2.44 bits per heavy atom. The largest absolute Gasteiger partial charge is 0.414 e. The second kappa shape index (κ2) is 8.61. The number of hydrogen-bond acceptors (Lipinski definition) is 2. The molecule has 2 nitrogen and oxygen atoms in total. The minimum atomic E-state index is -0.672. The molecule has 1 aromatic rings. The van der Waals surface area contributed by atoms with E-state index in [1.165, 1.54) is 50.5 Å². The normalized spacial score (nSPS) is 32.4. The smallest absolute Gasteiger partial charge is 0.205 e. The average Bonchev–Trinajstić information content (AvgIpc) is 2.63. The molecule has 0 bridgehead atoms. The van der Waals surface area contributed by atoms with Crippen LogP contribution in [0.1, 0.15) is 71.3 Å². The van der Waals surface area contributed by atoms with Gasteiger partial charge in [0.2, 0.25) is 9.04 Å². The van der Waals surface area contributed by atoms with Crippen LogP contribution in [0.25, 0.3) is 6.08 Å². The zero-order chi connectivity index (χ0) is 19.5. The first-order valence-electron chi connectivity index (χ1n) is 10.8. The predicted molar refractivity (Wildman–Crippen MR) is 117 cm³/mol. The van der Waals surface area contributed by atoms with E-state index in [2.05, 4.69) is 57.1 Å². The van der Waals surface area contributed by atoms with Crippen LogP contribution in [0.15, 0.2) is 30.6 Å². The molecule has 0 aliphatic heterocycles. The van der Waals surface area contributed by atoms with Gasteiger partial charge in [-0.15, -0.1) is 0 Å². The van der Waals surface area contributed by atoms with Crippen molar-refractivity contribution >= 4 is 15.1 Å². The number of rotatable bonds is 4. The maximum atomic E-state index is 6.64. The monoisotopic (exact) mass is 384 g/mol. The van der Waals surface area contributed by atoms with Gasteiger partial charge in [0.15, 0.2) is 0 Å². The van der Waals surface area contributed by atoms with Crippen molar-refractivity contribution in [3.63, 3.8) is 0 Å². The van der Waals surface area contributed by atoms with E-state index in [0.29, 0.717) is 22.9 Å². The predicted octanol–water partition coefficient (Wildman–Crippen LogP) is 6.75. The van der Waals surface area contributed by atoms with Gasteiger partial charge in [0.05, 0.1) is 6.10 Å². The van der Waals surface area contributed by atoms with Gasteiger partial charge in [-0.1, -0.05) is 39.0 Å². The molecule has 0 amide bonds. The number of nitrogens with zero attached hydrogens (tertiary/aromatic N) is 1. The Labute approximate surface area is 168 Å². The molecule has 2 fully saturated rings. The maximum absolute atomic E-state index is 6.64. The van der Waals surface area contributed by atoms with E-state index in [4.69, 9.17) is 4.43 Å². The van der Waals surface area contributed by atoms with E-state index in [9.17, 15) is 0 Å². The van der Waals surface area contributed by atoms with Crippen LogP contribution >= 0.6 is 0 Å². The molecule has 3 rings (SSSR count). The van der Waals surface area contributed by atoms with E-state index in [1.807, 2.05) is 18.5 Å². The van der Waals surface area contributed by atoms with Gasteiger partial charge >= 0.3 is 0 Å². The van der Waals surface area contributed by atoms with Crippen molar-refractivity contribution in [2.75, 3.05) is 0 Å². The van der Waals surface area contributed by atoms with Gasteiger partial charge in [-0.25, -0.2) is 0 Å². The van der Waals surface area contributed by atoms with Crippen LogP contribution in [0.2, 0.25) is 13.1 Å². The lowest BCUT2D eigenvalue weighted by Gasteiger charge is -2.52. The second-order valence-electron chi connectivity index (χ2n) is 10.2. The number of allylic oxidation sites excluding steroid dienone is 1. The summed E-state index contributed by atoms with van der Waals surface area (Å²) in [6, 6.07) is 4.15. The second-order valence-corrected chi connectivity index (χ2v) is 12.2. The summed E-state index contributed by atoms with van der Waals surface area (Å²) in [6.45, 7) is 11.9. The Morgan fingerprint density at radius 1 is 1.15 bits per heavy atom. The Kier molecular flexibility index (Phi) is 6.63. The third-order valence-electron chi connectivity index (χ3n) is 7.04. The van der Waals surface area contributed by atoms with Crippen LogP contribution in [0, 0.1) is 22.7 Å². The minimum Gasteiger partial charge on any atom is -0.414 e. The summed E-state index contributed by atoms with van der Waals surface area (Å²) in [5.41, 5.74) is 2.10. The Hall–Kier alpha value is -0.933. The molecule has 1 aromatic heterocycles. The van der Waals surface area contributed by atoms with Crippen molar-refractivity contribution in [3.8, 4) is 0 Å². The topological polar surface area (TPSA) is 22.1 Å². The molecular weight excluding hydrogens is 346 g/mol. The lowest BCUT2D eigenvalue weighted by molar-refractivity contribution is -0.0514. The van der Waals surface area contributed by atoms with Gasteiger partial charge in [0, 0.05) is 12.4 Å². The molecular formula is C24H38NOSi. The Morgan fingerprint density at radius 2 is 1.85 bits per heavy atom. The van der Waals surface area contributed by atoms with E-state index < -0.39 is 9.04 Å². The summed E-state index contributed by atoms with van der Waals surface area (Å²) in [5.74, 6) is 1.52. The van der Waals surface area contributed by atoms with Crippen molar-refractivity contribution in [3.05, 3.63) is 36.2 Å². The molecule has 1 spiro atoms. The lowest BCUT2D eigenvalue weighted by Crippen LogP contribution is -2.47. The van der Waals surface area contributed by atoms with Gasteiger partial charge in [0.25, 0.3) is 0 Å². The molecule has 2 aliphatic carbocycles. The molecule has 2 saturated carbocycles. The van der Waals surface area contributed by atoms with Crippen LogP contribution < -0.4 is 0 Å². The van der Waals surface area contributed by atoms with E-state index in [0.717, 1.165) is 5.92 Å². The average molecular weight is 385 g/mol. The summed E-state index contributed by atoms with van der Waals surface area (Å²) in [7, 11) is -0.672. The molecule has 2 aliphatic rings. The fourth-order valence-electron chi connectivity index (χ4n) is 5.26. The van der Waals surface area contributed by atoms with Crippen molar-refractivity contribution in [2.24, 2.45) is 22.7 Å². The minimum absolute atomic E-state index is 0.447. The molecule has 0 N–H and O–H groups in total. The highest BCUT2D eigenvalue weighted by molar-refractivity contribution is 6.48. The summed E-state index contributed by atoms with van der Waals surface area (Å²) < 4.78 is 6.64. The molecule has 0 aromatic carbocycles. The third kappa shape index (κ3) is 5.32. The number of hydrogen-bond donors (Lipinski definition) is 0. The molecule has 2 atom stereocenters. The summed E-state index contributed by atoms with van der Waals surface area (Å²) in [6.07, 6.45) is 18.3. The molecule has 3 heteroatoms. The highest BCUT2D eigenvalue weighted by atomic mass is 28.3. The first-order valence-corrected chi connectivity index (χ1v) is 13.2. The number of aromatic nitrogens is 1. The molecule has 149 valence electrons. The van der Waals surface area contributed by atoms with Crippen molar-refractivity contribution in [2.45, 2.75) is 84.9 Å². The van der Waals surface area contributed by atoms with Crippen LogP contribution in [0.3, 0.4) is 0 Å². The summed E-state index contributed by atoms with van der Waals surface area (Å²) in [5, 5.41) is 0. The standard InChI is InChI=1S/C24H38NOSi/c1-23(2,3)21-11-14-24(15-12-21)13-10-19(17-22(24)26-27(4)5)8-9-20-7-6-16-25-18-20/h6-9,16,18-19,21-22H,10-15,17H2,1-5H3. The Balaban J connectivity index is 1.67. The van der Waals surface area contributed by atoms with Crippen molar-refractivity contribution in [1.29, 1.82) is 0 Å². The molecule has 2 unspecified atom stereocenters. The molecule has 1 heterocycles. The van der Waals surface area contributed by atoms with Crippen LogP contribution in [0.4, 0.5) is 0 Å². The fourth-order valence-corrected chi connectivity index (χ4v) is 6.18. The van der Waals surface area contributed by atoms with Crippen LogP contribution in [0.5, 0.6) is 0 Å². The quantitative estimate of drug-likeness (QED) is 0.535. The lowest BCUT2D eigenvalue weighted by atomic mass is 9.57. The highest BCUT2D eigenvalue weighted by Crippen LogP contribution is 2.54. The molecule has 1 radical (unpaired) electrons. The van der Waals surface area contributed by atoms with Crippen molar-refractivity contribution in [1.82, 2.24) is 4.98 Å². The Bertz CT molecular complexity index is 611. The SMILES string of the molecule is C[Si](C)OC1CC(C=Cc2cccnc2)CCC12CCC(C(C)(C)C)CC2. The molecule has 27 heavy (non-hydrogen) atoms. The maximum Gasteiger partial charge on any atom is 0.205 e. The van der Waals surface area contributed by atoms with E-state index in [1.54, 1.807) is 0 Å². The fraction of sp³-hybridized carbons (Fsp3) is 0.708. The zero-order valence-electron chi connectivity index (χ0n) is 18.0. The van der Waals surface area contributed by atoms with Crippen molar-refractivity contribution < 1.29 is 4.43 Å². The van der Waals surface area contributed by atoms with Gasteiger partial charge in [0.1, 0.15) is 0 Å². The van der Waals surface area contributed by atoms with E-state index >= 15 is 0 Å². The highest BCUT2D eigenvalue weighted by Gasteiger charge is 2.47. The first kappa shape index (κ1) is 20.8. The first-order chi connectivity index (χ1) is 12.8. The van der Waals surface area contributed by atoms with Gasteiger partial charge < -0.3 is 4.43 Å². The molecule has 0 saturated heterocycles. The van der Waals surface area contributed by atoms with Crippen LogP contribution in [-0.4, -0.2) is 20.1 Å².